The number of hydrogen-bond acceptors (Lipinski definition) is 5. The Morgan fingerprint density at radius 3 is 2.39 bits per heavy atom. The number of nitrogens with zero attached hydrogens (tertiary/aromatic N) is 5. The fourth-order valence-corrected chi connectivity index (χ4v) is 5.70. The Morgan fingerprint density at radius 1 is 0.939 bits per heavy atom. The summed E-state index contributed by atoms with van der Waals surface area (Å²) < 4.78 is 0. The smallest absolute Gasteiger partial charge is 0.407 e. The van der Waals surface area contributed by atoms with Gasteiger partial charge in [-0.15, -0.1) is 0 Å². The quantitative estimate of drug-likeness (QED) is 0.383. The third kappa shape index (κ3) is 3.34. The van der Waals surface area contributed by atoms with E-state index in [1.807, 2.05) is 48.5 Å². The molecule has 6 rings (SSSR count). The van der Waals surface area contributed by atoms with Crippen LogP contribution < -0.4 is 4.90 Å². The number of aromatic nitrogens is 3. The van der Waals surface area contributed by atoms with Crippen molar-refractivity contribution in [1.29, 1.82) is 0 Å². The minimum Gasteiger partial charge on any atom is -0.465 e. The van der Waals surface area contributed by atoms with Gasteiger partial charge in [0.15, 0.2) is 5.65 Å². The van der Waals surface area contributed by atoms with Crippen LogP contribution in [0.1, 0.15) is 12.8 Å². The van der Waals surface area contributed by atoms with Gasteiger partial charge in [-0.3, -0.25) is 4.90 Å². The second-order valence-electron chi connectivity index (χ2n) is 8.51. The molecule has 0 saturated carbocycles. The van der Waals surface area contributed by atoms with Crippen molar-refractivity contribution in [3.8, 4) is 11.3 Å². The highest BCUT2D eigenvalue weighted by Gasteiger charge is 2.43. The van der Waals surface area contributed by atoms with Crippen LogP contribution in [-0.2, 0) is 0 Å². The van der Waals surface area contributed by atoms with Crippen molar-refractivity contribution < 1.29 is 9.90 Å². The first-order valence-corrected chi connectivity index (χ1v) is 11.5. The van der Waals surface area contributed by atoms with Gasteiger partial charge in [-0.2, -0.15) is 9.97 Å². The molecule has 0 aliphatic carbocycles. The molecule has 1 N–H and O–H groups in total. The van der Waals surface area contributed by atoms with E-state index >= 15 is 0 Å². The average Bonchev–Trinajstić information content (AvgIpc) is 3.08. The maximum Gasteiger partial charge on any atom is 0.407 e. The number of hydrogen-bond donors (Lipinski definition) is 1. The van der Waals surface area contributed by atoms with Gasteiger partial charge in [0.2, 0.25) is 5.28 Å². The second-order valence-corrected chi connectivity index (χ2v) is 9.25. The molecule has 2 fully saturated rings. The number of halogens is 2. The van der Waals surface area contributed by atoms with E-state index in [2.05, 4.69) is 14.9 Å². The van der Waals surface area contributed by atoms with Crippen LogP contribution in [0.3, 0.4) is 0 Å². The molecule has 9 heteroatoms. The Balaban J connectivity index is 1.44. The first-order valence-electron chi connectivity index (χ1n) is 10.8. The predicted octanol–water partition coefficient (Wildman–Crippen LogP) is 5.48. The largest absolute Gasteiger partial charge is 0.465 e. The molecule has 166 valence electrons. The maximum absolute atomic E-state index is 11.7. The molecule has 33 heavy (non-hydrogen) atoms. The van der Waals surface area contributed by atoms with Gasteiger partial charge in [0.1, 0.15) is 5.82 Å². The molecule has 2 atom stereocenters. The van der Waals surface area contributed by atoms with Gasteiger partial charge in [0.05, 0.1) is 23.2 Å². The molecule has 2 aliphatic heterocycles. The van der Waals surface area contributed by atoms with E-state index in [1.54, 1.807) is 4.90 Å². The first-order chi connectivity index (χ1) is 16.0. The molecule has 1 amide bonds. The molecular weight excluding hydrogens is 461 g/mol. The Hall–Kier alpha value is -3.16. The van der Waals surface area contributed by atoms with Crippen molar-refractivity contribution in [2.24, 2.45) is 0 Å². The lowest BCUT2D eigenvalue weighted by Gasteiger charge is -2.40. The summed E-state index contributed by atoms with van der Waals surface area (Å²) >= 11 is 12.8. The number of rotatable bonds is 2. The van der Waals surface area contributed by atoms with Crippen LogP contribution in [0.2, 0.25) is 10.3 Å². The molecule has 2 bridgehead atoms. The van der Waals surface area contributed by atoms with Crippen molar-refractivity contribution in [2.75, 3.05) is 18.0 Å². The van der Waals surface area contributed by atoms with E-state index in [1.165, 1.54) is 0 Å². The number of carboxylic acid groups (broad SMARTS) is 1. The topological polar surface area (TPSA) is 82.5 Å². The Kier molecular flexibility index (Phi) is 4.78. The third-order valence-corrected chi connectivity index (χ3v) is 7.13. The Labute approximate surface area is 199 Å². The lowest BCUT2D eigenvalue weighted by atomic mass is 10.0. The number of fused-ring (bicyclic) bond motifs is 4. The molecule has 4 heterocycles. The molecule has 2 saturated heterocycles. The monoisotopic (exact) mass is 479 g/mol. The van der Waals surface area contributed by atoms with Gasteiger partial charge in [-0.25, -0.2) is 9.78 Å². The summed E-state index contributed by atoms with van der Waals surface area (Å²) in [5.74, 6) is 0.696. The van der Waals surface area contributed by atoms with Crippen LogP contribution in [0, 0.1) is 0 Å². The van der Waals surface area contributed by atoms with Gasteiger partial charge in [-0.05, 0) is 48.0 Å². The van der Waals surface area contributed by atoms with E-state index in [0.29, 0.717) is 29.6 Å². The maximum atomic E-state index is 11.7. The fraction of sp³-hybridized carbons (Fsp3) is 0.250. The predicted molar refractivity (Wildman–Crippen MR) is 129 cm³/mol. The van der Waals surface area contributed by atoms with Gasteiger partial charge in [0.25, 0.3) is 0 Å². The number of benzene rings is 2. The van der Waals surface area contributed by atoms with Gasteiger partial charge in [0, 0.05) is 29.1 Å². The van der Waals surface area contributed by atoms with Crippen molar-refractivity contribution >= 4 is 56.9 Å². The summed E-state index contributed by atoms with van der Waals surface area (Å²) in [5.41, 5.74) is 2.17. The molecular formula is C24H19Cl2N5O2. The molecule has 2 aliphatic rings. The Morgan fingerprint density at radius 2 is 1.67 bits per heavy atom. The van der Waals surface area contributed by atoms with Gasteiger partial charge < -0.3 is 10.0 Å². The van der Waals surface area contributed by atoms with Crippen molar-refractivity contribution in [1.82, 2.24) is 19.9 Å². The Bertz CT molecular complexity index is 1410. The molecule has 0 unspecified atom stereocenters. The average molecular weight is 480 g/mol. The SMILES string of the molecule is O=C(O)N1[C@@H]2CC[C@H]1CN(c1nc(Cl)nc3nc(-c4cccc5cccc(Cl)c45)ccc13)C2. The number of piperazine rings is 1. The molecule has 7 nitrogen and oxygen atoms in total. The highest BCUT2D eigenvalue weighted by molar-refractivity contribution is 6.36. The summed E-state index contributed by atoms with van der Waals surface area (Å²) in [6.07, 6.45) is 0.857. The lowest BCUT2D eigenvalue weighted by molar-refractivity contribution is 0.114. The number of pyridine rings is 1. The van der Waals surface area contributed by atoms with E-state index < -0.39 is 6.09 Å². The zero-order chi connectivity index (χ0) is 22.7. The highest BCUT2D eigenvalue weighted by atomic mass is 35.5. The van der Waals surface area contributed by atoms with Crippen LogP contribution >= 0.6 is 23.2 Å². The normalized spacial score (nSPS) is 20.1. The summed E-state index contributed by atoms with van der Waals surface area (Å²) in [5, 5.41) is 13.1. The number of anilines is 1. The molecule has 0 radical (unpaired) electrons. The van der Waals surface area contributed by atoms with Crippen LogP contribution in [0.25, 0.3) is 33.1 Å². The zero-order valence-electron chi connectivity index (χ0n) is 17.4. The second kappa shape index (κ2) is 7.71. The van der Waals surface area contributed by atoms with E-state index in [0.717, 1.165) is 40.3 Å². The summed E-state index contributed by atoms with van der Waals surface area (Å²) in [6.45, 7) is 1.15. The van der Waals surface area contributed by atoms with E-state index in [9.17, 15) is 9.90 Å². The first kappa shape index (κ1) is 20.4. The van der Waals surface area contributed by atoms with Crippen molar-refractivity contribution in [3.63, 3.8) is 0 Å². The lowest BCUT2D eigenvalue weighted by Crippen LogP contribution is -2.55. The minimum atomic E-state index is -0.854. The summed E-state index contributed by atoms with van der Waals surface area (Å²) in [7, 11) is 0. The zero-order valence-corrected chi connectivity index (χ0v) is 19.0. The van der Waals surface area contributed by atoms with Crippen LogP contribution in [0.5, 0.6) is 0 Å². The molecule has 2 aromatic carbocycles. The summed E-state index contributed by atoms with van der Waals surface area (Å²) in [4.78, 5) is 29.1. The van der Waals surface area contributed by atoms with Gasteiger partial charge >= 0.3 is 6.09 Å². The standard InChI is InChI=1S/C24H19Cl2N5O2/c25-18-6-2-4-13-3-1-5-16(20(13)18)19-10-9-17-21(27-19)28-23(26)29-22(17)30-11-14-7-8-15(12-30)31(14)24(32)33/h1-6,9-10,14-15H,7-8,11-12H2,(H,32,33)/t14-,15+. The van der Waals surface area contributed by atoms with E-state index in [4.69, 9.17) is 28.2 Å². The third-order valence-electron chi connectivity index (χ3n) is 6.64. The number of carbonyl (C=O) groups is 1. The van der Waals surface area contributed by atoms with Gasteiger partial charge in [-0.1, -0.05) is 41.9 Å². The van der Waals surface area contributed by atoms with Crippen molar-refractivity contribution in [3.05, 3.63) is 58.8 Å². The van der Waals surface area contributed by atoms with Crippen LogP contribution in [-0.4, -0.2) is 56.2 Å². The van der Waals surface area contributed by atoms with E-state index in [-0.39, 0.29) is 17.4 Å². The molecule has 0 spiro atoms. The molecule has 4 aromatic rings. The molecule has 2 aromatic heterocycles. The van der Waals surface area contributed by atoms with Crippen LogP contribution in [0.4, 0.5) is 10.6 Å². The summed E-state index contributed by atoms with van der Waals surface area (Å²) in [6, 6.07) is 15.6. The van der Waals surface area contributed by atoms with Crippen LogP contribution in [0.15, 0.2) is 48.5 Å². The van der Waals surface area contributed by atoms with Crippen molar-refractivity contribution in [2.45, 2.75) is 24.9 Å². The minimum absolute atomic E-state index is 0.0462. The fourth-order valence-electron chi connectivity index (χ4n) is 5.26. The highest BCUT2D eigenvalue weighted by Crippen LogP contribution is 2.37. The number of amides is 1.